The number of aromatic nitrogens is 3. The largest absolute Gasteiger partial charge is 0.375 e. The van der Waals surface area contributed by atoms with Gasteiger partial charge >= 0.3 is 6.03 Å². The summed E-state index contributed by atoms with van der Waals surface area (Å²) in [6.07, 6.45) is 8.74. The first kappa shape index (κ1) is 17.5. The van der Waals surface area contributed by atoms with Crippen molar-refractivity contribution in [2.24, 2.45) is 0 Å². The first-order valence-corrected chi connectivity index (χ1v) is 8.32. The first-order chi connectivity index (χ1) is 12.5. The fourth-order valence-electron chi connectivity index (χ4n) is 2.65. The van der Waals surface area contributed by atoms with E-state index in [0.29, 0.717) is 5.69 Å². The molecule has 0 bridgehead atoms. The molecule has 0 aliphatic carbocycles. The maximum absolute atomic E-state index is 12.4. The van der Waals surface area contributed by atoms with E-state index in [1.165, 1.54) is 0 Å². The van der Waals surface area contributed by atoms with Gasteiger partial charge in [-0.1, -0.05) is 12.1 Å². The van der Waals surface area contributed by atoms with Crippen LogP contribution < -0.4 is 15.5 Å². The van der Waals surface area contributed by atoms with E-state index >= 15 is 0 Å². The van der Waals surface area contributed by atoms with Crippen LogP contribution in [0.3, 0.4) is 0 Å². The number of urea groups is 1. The summed E-state index contributed by atoms with van der Waals surface area (Å²) in [4.78, 5) is 22.5. The number of carbonyl (C=O) groups excluding carboxylic acids is 1. The van der Waals surface area contributed by atoms with Gasteiger partial charge in [0.25, 0.3) is 0 Å². The highest BCUT2D eigenvalue weighted by atomic mass is 16.2. The van der Waals surface area contributed by atoms with E-state index in [1.807, 2.05) is 60.9 Å². The Kier molecular flexibility index (Phi) is 5.17. The summed E-state index contributed by atoms with van der Waals surface area (Å²) < 4.78 is 1.93. The lowest BCUT2D eigenvalue weighted by Gasteiger charge is -2.19. The Morgan fingerprint density at radius 3 is 2.77 bits per heavy atom. The zero-order valence-corrected chi connectivity index (χ0v) is 15.0. The summed E-state index contributed by atoms with van der Waals surface area (Å²) in [5.41, 5.74) is 3.56. The zero-order chi connectivity index (χ0) is 18.5. The Morgan fingerprint density at radius 1 is 1.19 bits per heavy atom. The SMILES string of the molecule is CC(NC(=O)Nc1ccncc1N(C)C)c1cccc(-n2ccnc2)c1. The number of amides is 2. The Morgan fingerprint density at radius 2 is 2.04 bits per heavy atom. The predicted octanol–water partition coefficient (Wildman–Crippen LogP) is 3.22. The van der Waals surface area contributed by atoms with Crippen molar-refractivity contribution in [2.75, 3.05) is 24.3 Å². The van der Waals surface area contributed by atoms with Gasteiger partial charge in [0, 0.05) is 38.4 Å². The van der Waals surface area contributed by atoms with Gasteiger partial charge in [-0.25, -0.2) is 9.78 Å². The molecule has 0 aliphatic rings. The summed E-state index contributed by atoms with van der Waals surface area (Å²) in [5.74, 6) is 0. The number of benzene rings is 1. The van der Waals surface area contributed by atoms with Crippen molar-refractivity contribution in [3.63, 3.8) is 0 Å². The van der Waals surface area contributed by atoms with Crippen LogP contribution in [0, 0.1) is 0 Å². The summed E-state index contributed by atoms with van der Waals surface area (Å²) in [6.45, 7) is 1.95. The molecule has 0 radical (unpaired) electrons. The second-order valence-corrected chi connectivity index (χ2v) is 6.17. The van der Waals surface area contributed by atoms with E-state index in [1.54, 1.807) is 31.0 Å². The van der Waals surface area contributed by atoms with Crippen LogP contribution in [0.25, 0.3) is 5.69 Å². The van der Waals surface area contributed by atoms with Gasteiger partial charge in [0.2, 0.25) is 0 Å². The molecule has 2 N–H and O–H groups in total. The van der Waals surface area contributed by atoms with Crippen LogP contribution in [0.2, 0.25) is 0 Å². The van der Waals surface area contributed by atoms with E-state index in [9.17, 15) is 4.79 Å². The number of carbonyl (C=O) groups is 1. The molecule has 134 valence electrons. The molecule has 7 heteroatoms. The van der Waals surface area contributed by atoms with Crippen LogP contribution in [0.15, 0.2) is 61.4 Å². The molecule has 1 aromatic carbocycles. The van der Waals surface area contributed by atoms with E-state index < -0.39 is 0 Å². The van der Waals surface area contributed by atoms with E-state index in [0.717, 1.165) is 16.9 Å². The molecular weight excluding hydrogens is 328 g/mol. The average molecular weight is 350 g/mol. The normalized spacial score (nSPS) is 11.7. The van der Waals surface area contributed by atoms with Gasteiger partial charge in [-0.05, 0) is 30.7 Å². The molecular formula is C19H22N6O. The zero-order valence-electron chi connectivity index (χ0n) is 15.0. The third-order valence-corrected chi connectivity index (χ3v) is 4.05. The molecule has 1 atom stereocenters. The van der Waals surface area contributed by atoms with Gasteiger partial charge in [0.15, 0.2) is 0 Å². The van der Waals surface area contributed by atoms with Crippen LogP contribution in [0.5, 0.6) is 0 Å². The fraction of sp³-hybridized carbons (Fsp3) is 0.211. The molecule has 0 spiro atoms. The average Bonchev–Trinajstić information content (AvgIpc) is 3.16. The lowest BCUT2D eigenvalue weighted by atomic mass is 10.1. The number of nitrogens with zero attached hydrogens (tertiary/aromatic N) is 4. The highest BCUT2D eigenvalue weighted by Gasteiger charge is 2.12. The maximum atomic E-state index is 12.4. The molecule has 0 saturated heterocycles. The van der Waals surface area contributed by atoms with Crippen molar-refractivity contribution in [3.05, 3.63) is 67.0 Å². The Hall–Kier alpha value is -3.35. The van der Waals surface area contributed by atoms with E-state index in [2.05, 4.69) is 20.6 Å². The van der Waals surface area contributed by atoms with Crippen LogP contribution in [-0.2, 0) is 0 Å². The number of hydrogen-bond acceptors (Lipinski definition) is 4. The molecule has 0 aliphatic heterocycles. The number of pyridine rings is 1. The van der Waals surface area contributed by atoms with Crippen LogP contribution in [0.4, 0.5) is 16.2 Å². The summed E-state index contributed by atoms with van der Waals surface area (Å²) >= 11 is 0. The molecule has 2 amide bonds. The monoisotopic (exact) mass is 350 g/mol. The highest BCUT2D eigenvalue weighted by Crippen LogP contribution is 2.22. The van der Waals surface area contributed by atoms with Gasteiger partial charge in [-0.2, -0.15) is 0 Å². The lowest BCUT2D eigenvalue weighted by Crippen LogP contribution is -2.31. The first-order valence-electron chi connectivity index (χ1n) is 8.32. The topological polar surface area (TPSA) is 75.1 Å². The van der Waals surface area contributed by atoms with Gasteiger partial charge in [-0.3, -0.25) is 4.98 Å². The van der Waals surface area contributed by atoms with Crippen molar-refractivity contribution >= 4 is 17.4 Å². The number of nitrogens with one attached hydrogen (secondary N) is 2. The molecule has 3 aromatic rings. The molecule has 1 unspecified atom stereocenters. The van der Waals surface area contributed by atoms with Crippen molar-refractivity contribution in [1.82, 2.24) is 19.9 Å². The Bertz CT molecular complexity index is 875. The summed E-state index contributed by atoms with van der Waals surface area (Å²) in [7, 11) is 3.81. The van der Waals surface area contributed by atoms with Crippen molar-refractivity contribution < 1.29 is 4.79 Å². The summed E-state index contributed by atoms with van der Waals surface area (Å²) in [5, 5.41) is 5.86. The third-order valence-electron chi connectivity index (χ3n) is 4.05. The second-order valence-electron chi connectivity index (χ2n) is 6.17. The van der Waals surface area contributed by atoms with Crippen LogP contribution >= 0.6 is 0 Å². The minimum atomic E-state index is -0.264. The van der Waals surface area contributed by atoms with Crippen molar-refractivity contribution in [3.8, 4) is 5.69 Å². The molecule has 3 rings (SSSR count). The number of anilines is 2. The van der Waals surface area contributed by atoms with Gasteiger partial charge in [0.1, 0.15) is 0 Å². The van der Waals surface area contributed by atoms with Gasteiger partial charge in [-0.15, -0.1) is 0 Å². The smallest absolute Gasteiger partial charge is 0.319 e. The lowest BCUT2D eigenvalue weighted by molar-refractivity contribution is 0.249. The predicted molar refractivity (Wildman–Crippen MR) is 103 cm³/mol. The maximum Gasteiger partial charge on any atom is 0.319 e. The van der Waals surface area contributed by atoms with Crippen molar-refractivity contribution in [1.29, 1.82) is 0 Å². The summed E-state index contributed by atoms with van der Waals surface area (Å²) in [6, 6.07) is 9.35. The molecule has 0 fully saturated rings. The number of hydrogen-bond donors (Lipinski definition) is 2. The second kappa shape index (κ2) is 7.69. The van der Waals surface area contributed by atoms with Gasteiger partial charge < -0.3 is 20.1 Å². The van der Waals surface area contributed by atoms with E-state index in [4.69, 9.17) is 0 Å². The Labute approximate surface area is 152 Å². The van der Waals surface area contributed by atoms with Crippen LogP contribution in [-0.4, -0.2) is 34.7 Å². The minimum absolute atomic E-state index is 0.150. The van der Waals surface area contributed by atoms with Gasteiger partial charge in [0.05, 0.1) is 29.9 Å². The minimum Gasteiger partial charge on any atom is -0.375 e. The number of imidazole rings is 1. The van der Waals surface area contributed by atoms with E-state index in [-0.39, 0.29) is 12.1 Å². The van der Waals surface area contributed by atoms with Crippen LogP contribution in [0.1, 0.15) is 18.5 Å². The molecule has 7 nitrogen and oxygen atoms in total. The highest BCUT2D eigenvalue weighted by molar-refractivity contribution is 5.93. The standard InChI is InChI=1S/C19H22N6O/c1-14(15-5-4-6-16(11-15)25-10-9-21-13-25)22-19(26)23-17-7-8-20-12-18(17)24(2)3/h4-14H,1-3H3,(H2,20,22,23,26). The fourth-order valence-corrected chi connectivity index (χ4v) is 2.65. The number of rotatable bonds is 5. The Balaban J connectivity index is 1.69. The molecule has 2 aromatic heterocycles. The third kappa shape index (κ3) is 4.00. The van der Waals surface area contributed by atoms with Crippen molar-refractivity contribution in [2.45, 2.75) is 13.0 Å². The molecule has 26 heavy (non-hydrogen) atoms. The molecule has 2 heterocycles. The molecule has 0 saturated carbocycles. The quantitative estimate of drug-likeness (QED) is 0.741.